The van der Waals surface area contributed by atoms with Crippen molar-refractivity contribution in [3.63, 3.8) is 0 Å². The smallest absolute Gasteiger partial charge is 0.0524 e. The highest BCUT2D eigenvalue weighted by atomic mass is 16.3. The fraction of sp³-hybridized carbons (Fsp3) is 1.00. The zero-order valence-electron chi connectivity index (χ0n) is 6.05. The van der Waals surface area contributed by atoms with Gasteiger partial charge in [-0.1, -0.05) is 12.8 Å². The lowest BCUT2D eigenvalue weighted by atomic mass is 9.80. The number of hydrogen-bond donors (Lipinski definition) is 0. The summed E-state index contributed by atoms with van der Waals surface area (Å²) in [6.45, 7) is 1.85. The second-order valence-corrected chi connectivity index (χ2v) is 3.61. The molecular weight excluding hydrogens is 128 g/mol. The maximum atomic E-state index is 10.0. The maximum absolute atomic E-state index is 10.0. The van der Waals surface area contributed by atoms with Gasteiger partial charge in [0, 0.05) is 18.5 Å². The van der Waals surface area contributed by atoms with E-state index in [1.807, 2.05) is 0 Å². The molecule has 2 rings (SSSR count). The van der Waals surface area contributed by atoms with Crippen LogP contribution < -0.4 is 0 Å². The molecule has 3 nitrogen and oxygen atoms in total. The van der Waals surface area contributed by atoms with Crippen LogP contribution in [0.25, 0.3) is 0 Å². The number of nitrogens with zero attached hydrogens (tertiary/aromatic N) is 2. The van der Waals surface area contributed by atoms with Gasteiger partial charge >= 0.3 is 0 Å². The fourth-order valence-corrected chi connectivity index (χ4v) is 2.23. The monoisotopic (exact) mass is 140 g/mol. The van der Waals surface area contributed by atoms with Crippen molar-refractivity contribution in [3.8, 4) is 0 Å². The van der Waals surface area contributed by atoms with Crippen LogP contribution in [0.3, 0.4) is 0 Å². The first kappa shape index (κ1) is 6.13. The molecule has 1 spiro atoms. The van der Waals surface area contributed by atoms with Gasteiger partial charge in [0.15, 0.2) is 0 Å². The second-order valence-electron chi connectivity index (χ2n) is 3.61. The molecule has 0 bridgehead atoms. The Morgan fingerprint density at radius 3 is 2.30 bits per heavy atom. The topological polar surface area (TPSA) is 32.7 Å². The van der Waals surface area contributed by atoms with Crippen LogP contribution in [0.2, 0.25) is 0 Å². The third-order valence-electron chi connectivity index (χ3n) is 2.82. The molecule has 2 aliphatic rings. The summed E-state index contributed by atoms with van der Waals surface area (Å²) in [4.78, 5) is 10.0. The van der Waals surface area contributed by atoms with Crippen molar-refractivity contribution in [2.75, 3.05) is 13.1 Å². The van der Waals surface area contributed by atoms with E-state index in [-0.39, 0.29) is 0 Å². The van der Waals surface area contributed by atoms with Gasteiger partial charge in [0.1, 0.15) is 0 Å². The van der Waals surface area contributed by atoms with Gasteiger partial charge in [-0.15, -0.1) is 4.91 Å². The quantitative estimate of drug-likeness (QED) is 0.517. The standard InChI is InChI=1S/C7H12N2O/c10-8-9-5-7(6-9)3-1-2-4-7/h1-6H2. The summed E-state index contributed by atoms with van der Waals surface area (Å²) < 4.78 is 0. The molecule has 0 aromatic heterocycles. The molecule has 0 atom stereocenters. The molecule has 0 radical (unpaired) electrons. The predicted octanol–water partition coefficient (Wildman–Crippen LogP) is 1.54. The molecule has 1 saturated heterocycles. The zero-order chi connectivity index (χ0) is 7.03. The summed E-state index contributed by atoms with van der Waals surface area (Å²) in [7, 11) is 0. The van der Waals surface area contributed by atoms with E-state index in [0.717, 1.165) is 13.1 Å². The molecule has 0 aromatic rings. The van der Waals surface area contributed by atoms with Crippen LogP contribution in [0.15, 0.2) is 5.29 Å². The van der Waals surface area contributed by atoms with Crippen LogP contribution in [0.1, 0.15) is 25.7 Å². The Hall–Kier alpha value is -0.600. The highest BCUT2D eigenvalue weighted by Crippen LogP contribution is 2.45. The minimum Gasteiger partial charge on any atom is -0.260 e. The summed E-state index contributed by atoms with van der Waals surface area (Å²) in [5.74, 6) is 0. The van der Waals surface area contributed by atoms with Crippen LogP contribution in [0.4, 0.5) is 0 Å². The summed E-state index contributed by atoms with van der Waals surface area (Å²) >= 11 is 0. The Kier molecular flexibility index (Phi) is 1.19. The molecule has 0 amide bonds. The van der Waals surface area contributed by atoms with Crippen molar-refractivity contribution < 1.29 is 0 Å². The minimum absolute atomic E-state index is 0.522. The van der Waals surface area contributed by atoms with E-state index >= 15 is 0 Å². The molecule has 2 fully saturated rings. The SMILES string of the molecule is O=NN1CC2(CCCC2)C1. The van der Waals surface area contributed by atoms with Crippen molar-refractivity contribution >= 4 is 0 Å². The number of nitroso groups, excluding NO2 is 1. The van der Waals surface area contributed by atoms with E-state index in [4.69, 9.17) is 0 Å². The zero-order valence-corrected chi connectivity index (χ0v) is 6.05. The number of rotatable bonds is 1. The predicted molar refractivity (Wildman–Crippen MR) is 38.3 cm³/mol. The second kappa shape index (κ2) is 1.94. The van der Waals surface area contributed by atoms with Gasteiger partial charge in [0.25, 0.3) is 0 Å². The first-order valence-corrected chi connectivity index (χ1v) is 3.93. The molecule has 1 aliphatic carbocycles. The van der Waals surface area contributed by atoms with Gasteiger partial charge in [-0.05, 0) is 12.8 Å². The van der Waals surface area contributed by atoms with Crippen molar-refractivity contribution in [3.05, 3.63) is 4.91 Å². The molecule has 0 unspecified atom stereocenters. The van der Waals surface area contributed by atoms with Gasteiger partial charge < -0.3 is 0 Å². The lowest BCUT2D eigenvalue weighted by molar-refractivity contribution is 0.00674. The molecule has 1 aliphatic heterocycles. The lowest BCUT2D eigenvalue weighted by Crippen LogP contribution is -2.51. The van der Waals surface area contributed by atoms with Crippen LogP contribution in [0.5, 0.6) is 0 Å². The highest BCUT2D eigenvalue weighted by Gasteiger charge is 2.45. The third kappa shape index (κ3) is 0.728. The Balaban J connectivity index is 1.92. The Bertz CT molecular complexity index is 144. The molecular formula is C7H12N2O. The lowest BCUT2D eigenvalue weighted by Gasteiger charge is -2.44. The van der Waals surface area contributed by atoms with E-state index < -0.39 is 0 Å². The molecule has 10 heavy (non-hydrogen) atoms. The van der Waals surface area contributed by atoms with E-state index in [0.29, 0.717) is 5.41 Å². The van der Waals surface area contributed by atoms with Gasteiger partial charge in [0.2, 0.25) is 0 Å². The van der Waals surface area contributed by atoms with Gasteiger partial charge in [-0.2, -0.15) is 0 Å². The van der Waals surface area contributed by atoms with Crippen LogP contribution >= 0.6 is 0 Å². The van der Waals surface area contributed by atoms with E-state index in [1.165, 1.54) is 25.7 Å². The summed E-state index contributed by atoms with van der Waals surface area (Å²) in [6.07, 6.45) is 5.34. The summed E-state index contributed by atoms with van der Waals surface area (Å²) in [5, 5.41) is 4.53. The van der Waals surface area contributed by atoms with Crippen molar-refractivity contribution in [1.82, 2.24) is 5.01 Å². The Morgan fingerprint density at radius 2 is 1.80 bits per heavy atom. The average molecular weight is 140 g/mol. The first-order chi connectivity index (χ1) is 4.85. The summed E-state index contributed by atoms with van der Waals surface area (Å²) in [6, 6.07) is 0. The molecule has 0 aromatic carbocycles. The molecule has 1 saturated carbocycles. The molecule has 56 valence electrons. The normalized spacial score (nSPS) is 28.6. The third-order valence-corrected chi connectivity index (χ3v) is 2.82. The Morgan fingerprint density at radius 1 is 1.20 bits per heavy atom. The average Bonchev–Trinajstić information content (AvgIpc) is 2.30. The van der Waals surface area contributed by atoms with Crippen LogP contribution in [-0.4, -0.2) is 18.1 Å². The van der Waals surface area contributed by atoms with E-state index in [1.54, 1.807) is 5.01 Å². The first-order valence-electron chi connectivity index (χ1n) is 3.93. The summed E-state index contributed by atoms with van der Waals surface area (Å²) in [5.41, 5.74) is 0.522. The molecule has 1 heterocycles. The van der Waals surface area contributed by atoms with Crippen molar-refractivity contribution in [1.29, 1.82) is 0 Å². The molecule has 3 heteroatoms. The van der Waals surface area contributed by atoms with Gasteiger partial charge in [0.05, 0.1) is 5.29 Å². The fourth-order valence-electron chi connectivity index (χ4n) is 2.23. The van der Waals surface area contributed by atoms with Crippen LogP contribution in [-0.2, 0) is 0 Å². The van der Waals surface area contributed by atoms with Crippen LogP contribution in [0, 0.1) is 10.3 Å². The van der Waals surface area contributed by atoms with Gasteiger partial charge in [-0.25, -0.2) is 0 Å². The minimum atomic E-state index is 0.522. The maximum Gasteiger partial charge on any atom is 0.0524 e. The van der Waals surface area contributed by atoms with E-state index in [9.17, 15) is 4.91 Å². The van der Waals surface area contributed by atoms with E-state index in [2.05, 4.69) is 5.29 Å². The number of hydrogen-bond acceptors (Lipinski definition) is 2. The highest BCUT2D eigenvalue weighted by molar-refractivity contribution is 4.96. The van der Waals surface area contributed by atoms with Gasteiger partial charge in [-0.3, -0.25) is 5.01 Å². The largest absolute Gasteiger partial charge is 0.260 e. The van der Waals surface area contributed by atoms with Crippen molar-refractivity contribution in [2.24, 2.45) is 10.7 Å². The molecule has 0 N–H and O–H groups in total. The van der Waals surface area contributed by atoms with Crippen molar-refractivity contribution in [2.45, 2.75) is 25.7 Å². The Labute approximate surface area is 60.3 Å².